The number of aromatic nitrogens is 4. The highest BCUT2D eigenvalue weighted by atomic mass is 35.5. The first-order chi connectivity index (χ1) is 9.36. The normalized spacial score (nSPS) is 28.1. The summed E-state index contributed by atoms with van der Waals surface area (Å²) >= 11 is 0. The number of H-pyrrole nitrogens is 1. The number of hydrogen-bond acceptors (Lipinski definition) is 4. The molecule has 0 saturated carbocycles. The lowest BCUT2D eigenvalue weighted by Crippen LogP contribution is -2.37. The Kier molecular flexibility index (Phi) is 3.48. The van der Waals surface area contributed by atoms with Gasteiger partial charge in [-0.25, -0.2) is 4.98 Å². The average molecular weight is 292 g/mol. The first-order valence-corrected chi connectivity index (χ1v) is 6.91. The summed E-state index contributed by atoms with van der Waals surface area (Å²) < 4.78 is 0. The Bertz CT molecular complexity index is 564. The topological polar surface area (TPSA) is 57.7 Å². The number of nitrogens with zero attached hydrogens (tertiary/aromatic N) is 4. The van der Waals surface area contributed by atoms with Gasteiger partial charge in [-0.05, 0) is 44.5 Å². The van der Waals surface area contributed by atoms with Crippen molar-refractivity contribution in [2.45, 2.75) is 24.7 Å². The first kappa shape index (κ1) is 13.5. The third-order valence-electron chi connectivity index (χ3n) is 4.54. The summed E-state index contributed by atoms with van der Waals surface area (Å²) in [5.41, 5.74) is 3.21. The Morgan fingerprint density at radius 3 is 2.85 bits per heavy atom. The molecule has 2 fully saturated rings. The van der Waals surface area contributed by atoms with Crippen molar-refractivity contribution in [3.8, 4) is 11.4 Å². The van der Waals surface area contributed by atoms with Crippen molar-refractivity contribution >= 4 is 12.4 Å². The van der Waals surface area contributed by atoms with E-state index in [9.17, 15) is 0 Å². The Hall–Kier alpha value is -1.46. The van der Waals surface area contributed by atoms with Crippen LogP contribution >= 0.6 is 12.4 Å². The predicted molar refractivity (Wildman–Crippen MR) is 78.8 cm³/mol. The second-order valence-electron chi connectivity index (χ2n) is 5.68. The minimum atomic E-state index is 0. The van der Waals surface area contributed by atoms with E-state index in [1.807, 2.05) is 0 Å². The van der Waals surface area contributed by atoms with Crippen LogP contribution in [-0.4, -0.2) is 44.7 Å². The van der Waals surface area contributed by atoms with E-state index < -0.39 is 0 Å². The molecule has 4 rings (SSSR count). The van der Waals surface area contributed by atoms with E-state index in [4.69, 9.17) is 0 Å². The van der Waals surface area contributed by atoms with Crippen molar-refractivity contribution in [3.05, 3.63) is 30.4 Å². The Morgan fingerprint density at radius 1 is 1.15 bits per heavy atom. The van der Waals surface area contributed by atoms with Crippen LogP contribution in [0.4, 0.5) is 0 Å². The van der Waals surface area contributed by atoms with Crippen LogP contribution in [0, 0.1) is 0 Å². The molecule has 2 aromatic heterocycles. The number of nitrogens with one attached hydrogen (secondary N) is 1. The molecule has 1 N–H and O–H groups in total. The SMILES string of the molecule is Cl.c1ncc(-c2ccc(C34CCCN(CC3)C4)nn2)[nH]1. The zero-order chi connectivity index (χ0) is 12.7. The summed E-state index contributed by atoms with van der Waals surface area (Å²) in [7, 11) is 0. The van der Waals surface area contributed by atoms with Crippen LogP contribution < -0.4 is 0 Å². The van der Waals surface area contributed by atoms with E-state index in [1.165, 1.54) is 32.4 Å². The van der Waals surface area contributed by atoms with Crippen molar-refractivity contribution in [3.63, 3.8) is 0 Å². The van der Waals surface area contributed by atoms with Crippen LogP contribution in [-0.2, 0) is 5.41 Å². The molecule has 0 spiro atoms. The lowest BCUT2D eigenvalue weighted by Gasteiger charge is -2.33. The van der Waals surface area contributed by atoms with Crippen LogP contribution in [0.25, 0.3) is 11.4 Å². The molecule has 106 valence electrons. The maximum atomic E-state index is 4.50. The molecular weight excluding hydrogens is 274 g/mol. The molecule has 4 heterocycles. The van der Waals surface area contributed by atoms with Gasteiger partial charge in [0.15, 0.2) is 0 Å². The molecule has 2 aromatic rings. The number of rotatable bonds is 2. The minimum Gasteiger partial charge on any atom is -0.343 e. The zero-order valence-electron chi connectivity index (χ0n) is 11.2. The van der Waals surface area contributed by atoms with Crippen LogP contribution in [0.5, 0.6) is 0 Å². The molecule has 6 heteroatoms. The van der Waals surface area contributed by atoms with Gasteiger partial charge in [-0.3, -0.25) is 0 Å². The first-order valence-electron chi connectivity index (χ1n) is 6.91. The largest absolute Gasteiger partial charge is 0.343 e. The molecule has 2 aliphatic heterocycles. The standard InChI is InChI=1S/C14H17N5.ClH/c1-4-14(5-7-19(6-1)9-14)13-3-2-11(17-18-13)12-8-15-10-16-12;/h2-3,8,10H,1,4-7,9H2,(H,15,16);1H. The van der Waals surface area contributed by atoms with Crippen molar-refractivity contribution < 1.29 is 0 Å². The molecule has 2 atom stereocenters. The van der Waals surface area contributed by atoms with Crippen molar-refractivity contribution in [2.75, 3.05) is 19.6 Å². The van der Waals surface area contributed by atoms with Gasteiger partial charge in [0.2, 0.25) is 0 Å². The highest BCUT2D eigenvalue weighted by Crippen LogP contribution is 2.41. The van der Waals surface area contributed by atoms with Crippen LogP contribution in [0.15, 0.2) is 24.7 Å². The minimum absolute atomic E-state index is 0. The summed E-state index contributed by atoms with van der Waals surface area (Å²) in [4.78, 5) is 9.63. The quantitative estimate of drug-likeness (QED) is 0.920. The summed E-state index contributed by atoms with van der Waals surface area (Å²) in [5.74, 6) is 0. The maximum absolute atomic E-state index is 4.50. The van der Waals surface area contributed by atoms with Gasteiger partial charge in [0, 0.05) is 12.0 Å². The molecule has 0 amide bonds. The number of hydrogen-bond donors (Lipinski definition) is 1. The fourth-order valence-corrected chi connectivity index (χ4v) is 3.49. The molecule has 0 aliphatic carbocycles. The maximum Gasteiger partial charge on any atom is 0.111 e. The fraction of sp³-hybridized carbons (Fsp3) is 0.500. The molecule has 20 heavy (non-hydrogen) atoms. The average Bonchev–Trinajstić information content (AvgIpc) is 3.09. The van der Waals surface area contributed by atoms with E-state index in [2.05, 4.69) is 37.2 Å². The van der Waals surface area contributed by atoms with Gasteiger partial charge in [-0.1, -0.05) is 0 Å². The Morgan fingerprint density at radius 2 is 2.10 bits per heavy atom. The predicted octanol–water partition coefficient (Wildman–Crippen LogP) is 2.03. The van der Waals surface area contributed by atoms with Gasteiger partial charge in [0.1, 0.15) is 5.69 Å². The molecular formula is C14H18ClN5. The molecule has 0 aromatic carbocycles. The van der Waals surface area contributed by atoms with Crippen LogP contribution in [0.1, 0.15) is 25.0 Å². The van der Waals surface area contributed by atoms with Gasteiger partial charge in [-0.15, -0.1) is 17.5 Å². The van der Waals surface area contributed by atoms with Crippen molar-refractivity contribution in [1.29, 1.82) is 0 Å². The van der Waals surface area contributed by atoms with E-state index >= 15 is 0 Å². The molecule has 2 aliphatic rings. The number of imidazole rings is 1. The number of piperidine rings is 1. The summed E-state index contributed by atoms with van der Waals surface area (Å²) in [6, 6.07) is 4.21. The highest BCUT2D eigenvalue weighted by Gasteiger charge is 2.43. The molecule has 0 radical (unpaired) electrons. The third-order valence-corrected chi connectivity index (χ3v) is 4.54. The Labute approximate surface area is 124 Å². The summed E-state index contributed by atoms with van der Waals surface area (Å²) in [6.45, 7) is 3.62. The zero-order valence-corrected chi connectivity index (χ0v) is 12.1. The monoisotopic (exact) mass is 291 g/mol. The van der Waals surface area contributed by atoms with Crippen molar-refractivity contribution in [1.82, 2.24) is 25.1 Å². The number of fused-ring (bicyclic) bond motifs is 2. The van der Waals surface area contributed by atoms with Crippen molar-refractivity contribution in [2.24, 2.45) is 0 Å². The van der Waals surface area contributed by atoms with Gasteiger partial charge >= 0.3 is 0 Å². The van der Waals surface area contributed by atoms with E-state index in [0.717, 1.165) is 23.6 Å². The van der Waals surface area contributed by atoms with Gasteiger partial charge in [-0.2, -0.15) is 5.10 Å². The number of halogens is 1. The second kappa shape index (κ2) is 5.14. The fourth-order valence-electron chi connectivity index (χ4n) is 3.49. The molecule has 2 unspecified atom stereocenters. The Balaban J connectivity index is 0.00000121. The van der Waals surface area contributed by atoms with Gasteiger partial charge in [0.25, 0.3) is 0 Å². The second-order valence-corrected chi connectivity index (χ2v) is 5.68. The van der Waals surface area contributed by atoms with E-state index in [-0.39, 0.29) is 17.8 Å². The summed E-state index contributed by atoms with van der Waals surface area (Å²) in [6.07, 6.45) is 7.20. The van der Waals surface area contributed by atoms with Gasteiger partial charge < -0.3 is 9.88 Å². The highest BCUT2D eigenvalue weighted by molar-refractivity contribution is 5.85. The van der Waals surface area contributed by atoms with E-state index in [0.29, 0.717) is 0 Å². The van der Waals surface area contributed by atoms with E-state index in [1.54, 1.807) is 12.5 Å². The van der Waals surface area contributed by atoms with Crippen LogP contribution in [0.3, 0.4) is 0 Å². The lowest BCUT2D eigenvalue weighted by molar-refractivity contribution is 0.239. The third kappa shape index (κ3) is 2.11. The molecule has 2 bridgehead atoms. The molecule has 5 nitrogen and oxygen atoms in total. The summed E-state index contributed by atoms with van der Waals surface area (Å²) in [5, 5.41) is 8.87. The van der Waals surface area contributed by atoms with Gasteiger partial charge in [0.05, 0.1) is 23.9 Å². The lowest BCUT2D eigenvalue weighted by atomic mass is 9.78. The molecule has 2 saturated heterocycles. The van der Waals surface area contributed by atoms with Crippen LogP contribution in [0.2, 0.25) is 0 Å². The number of aromatic amines is 1. The smallest absolute Gasteiger partial charge is 0.111 e.